The van der Waals surface area contributed by atoms with Gasteiger partial charge in [-0.2, -0.15) is 12.8 Å². The molecule has 0 fully saturated rings. The fourth-order valence-corrected chi connectivity index (χ4v) is 6.22. The summed E-state index contributed by atoms with van der Waals surface area (Å²) in [5, 5.41) is 5.37. The number of allylic oxidation sites excluding steroid dienone is 1. The van der Waals surface area contributed by atoms with Crippen LogP contribution < -0.4 is 15.4 Å². The Morgan fingerprint density at radius 3 is 2.15 bits per heavy atom. The molecule has 0 saturated carbocycles. The average Bonchev–Trinajstić information content (AvgIpc) is 3.05. The van der Waals surface area contributed by atoms with Gasteiger partial charge < -0.3 is 15.4 Å². The van der Waals surface area contributed by atoms with Crippen LogP contribution in [-0.2, 0) is 30.4 Å². The number of nitrogens with zero attached hydrogens (tertiary/aromatic N) is 1. The van der Waals surface area contributed by atoms with E-state index in [9.17, 15) is 22.8 Å². The fraction of sp³-hybridized carbons (Fsp3) is 0.368. The molecule has 3 aromatic rings. The summed E-state index contributed by atoms with van der Waals surface area (Å²) in [4.78, 5) is 37.8. The van der Waals surface area contributed by atoms with Crippen LogP contribution in [-0.4, -0.2) is 44.9 Å². The van der Waals surface area contributed by atoms with Gasteiger partial charge in [0.15, 0.2) is 5.78 Å². The molecule has 9 nitrogen and oxygen atoms in total. The van der Waals surface area contributed by atoms with Crippen molar-refractivity contribution >= 4 is 39.0 Å². The Morgan fingerprint density at radius 1 is 0.875 bits per heavy atom. The largest absolute Gasteiger partial charge is 0.493 e. The number of sulfonamides is 1. The van der Waals surface area contributed by atoms with E-state index < -0.39 is 21.7 Å². The highest BCUT2D eigenvalue weighted by Crippen LogP contribution is 2.38. The number of rotatable bonds is 13. The number of Topliss-reactive ketones (excluding diaryl/α,β-unsaturated/α-hetero) is 1. The number of ether oxygens (including phenoxy) is 1. The summed E-state index contributed by atoms with van der Waals surface area (Å²) in [6.07, 6.45) is 3.67. The van der Waals surface area contributed by atoms with Gasteiger partial charge in [0.1, 0.15) is 5.75 Å². The van der Waals surface area contributed by atoms with Crippen LogP contribution in [0.2, 0.25) is 0 Å². The zero-order valence-corrected chi connectivity index (χ0v) is 29.6. The zero-order valence-electron chi connectivity index (χ0n) is 28.8. The summed E-state index contributed by atoms with van der Waals surface area (Å²) in [7, 11) is -4.22. The van der Waals surface area contributed by atoms with Crippen LogP contribution in [0.15, 0.2) is 87.7 Å². The van der Waals surface area contributed by atoms with Crippen LogP contribution in [0.4, 0.5) is 5.69 Å². The number of hydrogen-bond donors (Lipinski definition) is 2. The van der Waals surface area contributed by atoms with E-state index in [0.29, 0.717) is 24.3 Å². The Labute approximate surface area is 284 Å². The van der Waals surface area contributed by atoms with Gasteiger partial charge in [-0.25, -0.2) is 0 Å². The van der Waals surface area contributed by atoms with E-state index in [1.54, 1.807) is 24.3 Å². The molecule has 0 aliphatic heterocycles. The number of carbonyl (C=O) groups excluding carboxylic acids is 3. The molecule has 2 amide bonds. The quantitative estimate of drug-likeness (QED) is 0.150. The molecule has 0 heterocycles. The first-order valence-electron chi connectivity index (χ1n) is 16.2. The molecule has 2 N–H and O–H groups in total. The van der Waals surface area contributed by atoms with Crippen LogP contribution in [0.25, 0.3) is 0 Å². The van der Waals surface area contributed by atoms with E-state index in [1.807, 2.05) is 6.07 Å². The van der Waals surface area contributed by atoms with Crippen molar-refractivity contribution in [3.05, 3.63) is 101 Å². The van der Waals surface area contributed by atoms with Gasteiger partial charge >= 0.3 is 0 Å². The van der Waals surface area contributed by atoms with Crippen LogP contribution >= 0.6 is 0 Å². The molecule has 3 aromatic carbocycles. The summed E-state index contributed by atoms with van der Waals surface area (Å²) in [6.45, 7) is 15.2. The highest BCUT2D eigenvalue weighted by Gasteiger charge is 2.30. The third kappa shape index (κ3) is 8.28. The zero-order chi connectivity index (χ0) is 35.3. The van der Waals surface area contributed by atoms with E-state index in [2.05, 4.69) is 68.7 Å². The molecule has 0 radical (unpaired) electrons. The standard InChI is InChI=1S/C38H45N3O6S/c1-8-37(4,5)26-15-20-34(32(23-26)38(6,7)9-2)47-22-12-21-39-36(44)31-24-33(29-13-10-11-14-30(29)35(31)43)41-48(45,46)28-18-16-27(17-19-28)40-25(3)42/h10-11,13-20,23-24H,8-9,12,21-22H2,1-7H3,(H,39,44)(H,40,42)/b41-33+. The van der Waals surface area contributed by atoms with Gasteiger partial charge in [0.25, 0.3) is 15.9 Å². The van der Waals surface area contributed by atoms with Crippen LogP contribution in [0.5, 0.6) is 5.75 Å². The van der Waals surface area contributed by atoms with Crippen molar-refractivity contribution in [3.63, 3.8) is 0 Å². The third-order valence-electron chi connectivity index (χ3n) is 9.03. The van der Waals surface area contributed by atoms with Crippen molar-refractivity contribution < 1.29 is 27.5 Å². The minimum Gasteiger partial charge on any atom is -0.493 e. The van der Waals surface area contributed by atoms with Crippen LogP contribution in [0.3, 0.4) is 0 Å². The average molecular weight is 672 g/mol. The van der Waals surface area contributed by atoms with Crippen molar-refractivity contribution in [2.24, 2.45) is 4.40 Å². The van der Waals surface area contributed by atoms with Gasteiger partial charge in [-0.1, -0.05) is 77.9 Å². The lowest BCUT2D eigenvalue weighted by Gasteiger charge is -2.30. The second kappa shape index (κ2) is 14.7. The maximum Gasteiger partial charge on any atom is 0.282 e. The van der Waals surface area contributed by atoms with Crippen molar-refractivity contribution in [2.45, 2.75) is 83.5 Å². The molecular weight excluding hydrogens is 627 g/mol. The molecule has 0 atom stereocenters. The molecule has 10 heteroatoms. The minimum absolute atomic E-state index is 0.0228. The van der Waals surface area contributed by atoms with Gasteiger partial charge in [0, 0.05) is 35.8 Å². The van der Waals surface area contributed by atoms with Gasteiger partial charge in [-0.05, 0) is 72.1 Å². The highest BCUT2D eigenvalue weighted by atomic mass is 32.2. The maximum atomic E-state index is 13.3. The molecule has 0 aromatic heterocycles. The molecule has 4 rings (SSSR count). The fourth-order valence-electron chi connectivity index (χ4n) is 5.22. The number of anilines is 1. The number of carbonyl (C=O) groups is 3. The molecule has 48 heavy (non-hydrogen) atoms. The molecule has 0 bridgehead atoms. The summed E-state index contributed by atoms with van der Waals surface area (Å²) in [5.41, 5.74) is 3.08. The molecule has 1 aliphatic rings. The van der Waals surface area contributed by atoms with Gasteiger partial charge in [0.05, 0.1) is 22.8 Å². The summed E-state index contributed by atoms with van der Waals surface area (Å²) in [5.74, 6) is -0.614. The van der Waals surface area contributed by atoms with Crippen LogP contribution in [0.1, 0.15) is 94.8 Å². The molecule has 1 aliphatic carbocycles. The predicted molar refractivity (Wildman–Crippen MR) is 190 cm³/mol. The maximum absolute atomic E-state index is 13.3. The lowest BCUT2D eigenvalue weighted by molar-refractivity contribution is -0.117. The predicted octanol–water partition coefficient (Wildman–Crippen LogP) is 6.91. The molecule has 0 saturated heterocycles. The molecule has 254 valence electrons. The Morgan fingerprint density at radius 2 is 1.52 bits per heavy atom. The Kier molecular flexibility index (Phi) is 11.1. The molecule has 0 unspecified atom stereocenters. The normalized spacial score (nSPS) is 14.3. The van der Waals surface area contributed by atoms with E-state index in [-0.39, 0.29) is 45.0 Å². The van der Waals surface area contributed by atoms with E-state index >= 15 is 0 Å². The Balaban J connectivity index is 1.48. The summed E-state index contributed by atoms with van der Waals surface area (Å²) >= 11 is 0. The second-order valence-corrected chi connectivity index (χ2v) is 14.8. The van der Waals surface area contributed by atoms with Gasteiger partial charge in [-0.15, -0.1) is 0 Å². The number of ketones is 1. The Hall–Kier alpha value is -4.57. The van der Waals surface area contributed by atoms with Gasteiger partial charge in [-0.3, -0.25) is 14.4 Å². The highest BCUT2D eigenvalue weighted by molar-refractivity contribution is 7.90. The number of amides is 2. The van der Waals surface area contributed by atoms with Crippen LogP contribution in [0, 0.1) is 0 Å². The van der Waals surface area contributed by atoms with Crippen molar-refractivity contribution in [1.82, 2.24) is 5.32 Å². The third-order valence-corrected chi connectivity index (χ3v) is 10.3. The van der Waals surface area contributed by atoms with E-state index in [1.165, 1.54) is 42.8 Å². The first-order chi connectivity index (χ1) is 22.6. The molecule has 0 spiro atoms. The first kappa shape index (κ1) is 36.3. The monoisotopic (exact) mass is 671 g/mol. The number of nitrogens with one attached hydrogen (secondary N) is 2. The smallest absolute Gasteiger partial charge is 0.282 e. The lowest BCUT2D eigenvalue weighted by Crippen LogP contribution is -2.33. The van der Waals surface area contributed by atoms with E-state index in [4.69, 9.17) is 4.74 Å². The number of hydrogen-bond acceptors (Lipinski definition) is 6. The molecular formula is C38H45N3O6S. The van der Waals surface area contributed by atoms with Gasteiger partial charge in [0.2, 0.25) is 5.91 Å². The lowest BCUT2D eigenvalue weighted by atomic mass is 9.76. The SMILES string of the molecule is CCC(C)(C)c1ccc(OCCCNC(=O)C2=C/C(=N\S(=O)(=O)c3ccc(NC(C)=O)cc3)c3ccccc3C2=O)c(C(C)(C)CC)c1. The van der Waals surface area contributed by atoms with E-state index in [0.717, 1.165) is 24.2 Å². The Bertz CT molecular complexity index is 1870. The van der Waals surface area contributed by atoms with Crippen molar-refractivity contribution in [2.75, 3.05) is 18.5 Å². The summed E-state index contributed by atoms with van der Waals surface area (Å²) < 4.78 is 36.7. The minimum atomic E-state index is -4.22. The van der Waals surface area contributed by atoms with Crippen molar-refractivity contribution in [3.8, 4) is 5.75 Å². The van der Waals surface area contributed by atoms with Crippen molar-refractivity contribution in [1.29, 1.82) is 0 Å². The summed E-state index contributed by atoms with van der Waals surface area (Å²) in [6, 6.07) is 18.4. The topological polar surface area (TPSA) is 131 Å². The number of fused-ring (bicyclic) bond motifs is 1. The first-order valence-corrected chi connectivity index (χ1v) is 17.7. The number of benzene rings is 3. The second-order valence-electron chi connectivity index (χ2n) is 13.2.